The van der Waals surface area contributed by atoms with E-state index in [9.17, 15) is 18.5 Å². The summed E-state index contributed by atoms with van der Waals surface area (Å²) in [6, 6.07) is 11.8. The maximum absolute atomic E-state index is 11.7. The Bertz CT molecular complexity index is 940. The molecule has 2 aromatic rings. The first-order chi connectivity index (χ1) is 12.9. The molecule has 144 valence electrons. The van der Waals surface area contributed by atoms with E-state index in [0.29, 0.717) is 19.8 Å². The summed E-state index contributed by atoms with van der Waals surface area (Å²) >= 11 is 0. The summed E-state index contributed by atoms with van der Waals surface area (Å²) in [5.74, 6) is 0. The number of nitro benzene ring substituents is 1. The van der Waals surface area contributed by atoms with Crippen LogP contribution in [-0.4, -0.2) is 45.9 Å². The lowest BCUT2D eigenvalue weighted by Crippen LogP contribution is -2.36. The predicted molar refractivity (Wildman–Crippen MR) is 103 cm³/mol. The van der Waals surface area contributed by atoms with Crippen molar-refractivity contribution in [3.63, 3.8) is 0 Å². The molecule has 9 heteroatoms. The van der Waals surface area contributed by atoms with E-state index in [1.54, 1.807) is 0 Å². The van der Waals surface area contributed by atoms with Crippen molar-refractivity contribution in [2.24, 2.45) is 0 Å². The van der Waals surface area contributed by atoms with Crippen molar-refractivity contribution in [2.75, 3.05) is 42.8 Å². The molecule has 1 N–H and O–H groups in total. The second kappa shape index (κ2) is 7.93. The number of morpholine rings is 1. The molecule has 0 spiro atoms. The topological polar surface area (TPSA) is 102 Å². The summed E-state index contributed by atoms with van der Waals surface area (Å²) < 4.78 is 28.7. The largest absolute Gasteiger partial charge is 0.378 e. The van der Waals surface area contributed by atoms with Gasteiger partial charge in [-0.05, 0) is 23.8 Å². The van der Waals surface area contributed by atoms with Crippen LogP contribution >= 0.6 is 0 Å². The molecule has 8 nitrogen and oxygen atoms in total. The van der Waals surface area contributed by atoms with Gasteiger partial charge in [-0.25, -0.2) is 8.42 Å². The molecular weight excluding hydrogens is 370 g/mol. The quantitative estimate of drug-likeness (QED) is 0.596. The predicted octanol–water partition coefficient (Wildman–Crippen LogP) is 2.45. The first-order valence-electron chi connectivity index (χ1n) is 8.49. The van der Waals surface area contributed by atoms with Crippen LogP contribution in [0.4, 0.5) is 17.1 Å². The summed E-state index contributed by atoms with van der Waals surface area (Å²) in [5.41, 5.74) is 2.08. The van der Waals surface area contributed by atoms with E-state index in [0.717, 1.165) is 36.7 Å². The fourth-order valence-electron chi connectivity index (χ4n) is 3.01. The van der Waals surface area contributed by atoms with E-state index in [1.165, 1.54) is 12.1 Å². The number of rotatable bonds is 6. The number of nitro groups is 1. The van der Waals surface area contributed by atoms with E-state index < -0.39 is 14.8 Å². The van der Waals surface area contributed by atoms with E-state index in [2.05, 4.69) is 10.2 Å². The summed E-state index contributed by atoms with van der Waals surface area (Å²) in [6.45, 7) is 3.30. The number of nitrogens with zero attached hydrogens (tertiary/aromatic N) is 2. The van der Waals surface area contributed by atoms with E-state index in [-0.39, 0.29) is 16.3 Å². The number of hydrogen-bond donors (Lipinski definition) is 1. The van der Waals surface area contributed by atoms with Gasteiger partial charge in [0, 0.05) is 37.6 Å². The highest BCUT2D eigenvalue weighted by Gasteiger charge is 2.19. The Hall–Kier alpha value is -2.65. The average molecular weight is 391 g/mol. The van der Waals surface area contributed by atoms with Gasteiger partial charge >= 0.3 is 0 Å². The molecule has 0 aromatic heterocycles. The van der Waals surface area contributed by atoms with Crippen molar-refractivity contribution < 1.29 is 18.1 Å². The Morgan fingerprint density at radius 2 is 1.89 bits per heavy atom. The third-order valence-electron chi connectivity index (χ3n) is 4.41. The van der Waals surface area contributed by atoms with Gasteiger partial charge in [-0.1, -0.05) is 18.2 Å². The molecule has 0 aliphatic carbocycles. The van der Waals surface area contributed by atoms with Crippen LogP contribution in [0, 0.1) is 10.1 Å². The van der Waals surface area contributed by atoms with Crippen molar-refractivity contribution in [2.45, 2.75) is 11.4 Å². The SMILES string of the molecule is CS(=O)(=O)c1ccc(NCc2ccccc2N2CCOCC2)c([N+](=O)[O-])c1. The number of para-hydroxylation sites is 1. The molecule has 3 rings (SSSR count). The van der Waals surface area contributed by atoms with E-state index >= 15 is 0 Å². The smallest absolute Gasteiger partial charge is 0.293 e. The zero-order valence-electron chi connectivity index (χ0n) is 14.9. The monoisotopic (exact) mass is 391 g/mol. The molecule has 1 saturated heterocycles. The Morgan fingerprint density at radius 1 is 1.19 bits per heavy atom. The Labute approximate surface area is 157 Å². The molecule has 27 heavy (non-hydrogen) atoms. The van der Waals surface area contributed by atoms with Crippen LogP contribution in [-0.2, 0) is 21.1 Å². The van der Waals surface area contributed by atoms with Crippen LogP contribution in [0.15, 0.2) is 47.4 Å². The highest BCUT2D eigenvalue weighted by Crippen LogP contribution is 2.29. The number of sulfone groups is 1. The van der Waals surface area contributed by atoms with Crippen LogP contribution in [0.3, 0.4) is 0 Å². The molecule has 1 fully saturated rings. The van der Waals surface area contributed by atoms with Crippen molar-refractivity contribution in [3.8, 4) is 0 Å². The first kappa shape index (κ1) is 19.1. The molecule has 1 aliphatic rings. The Kier molecular flexibility index (Phi) is 5.62. The van der Waals surface area contributed by atoms with Gasteiger partial charge < -0.3 is 15.0 Å². The summed E-state index contributed by atoms with van der Waals surface area (Å²) in [7, 11) is -3.51. The zero-order chi connectivity index (χ0) is 19.4. The molecule has 0 unspecified atom stereocenters. The maximum Gasteiger partial charge on any atom is 0.293 e. The first-order valence-corrected chi connectivity index (χ1v) is 10.4. The molecule has 0 radical (unpaired) electrons. The van der Waals surface area contributed by atoms with Crippen molar-refractivity contribution in [1.29, 1.82) is 0 Å². The zero-order valence-corrected chi connectivity index (χ0v) is 15.7. The van der Waals surface area contributed by atoms with Gasteiger partial charge in [0.15, 0.2) is 9.84 Å². The highest BCUT2D eigenvalue weighted by molar-refractivity contribution is 7.90. The van der Waals surface area contributed by atoms with Gasteiger partial charge in [0.2, 0.25) is 0 Å². The maximum atomic E-state index is 11.7. The van der Waals surface area contributed by atoms with E-state index in [1.807, 2.05) is 24.3 Å². The number of hydrogen-bond acceptors (Lipinski definition) is 7. The van der Waals surface area contributed by atoms with Crippen LogP contribution in [0.2, 0.25) is 0 Å². The lowest BCUT2D eigenvalue weighted by Gasteiger charge is -2.30. The standard InChI is InChI=1S/C18H21N3O5S/c1-27(24,25)15-6-7-16(18(12-15)21(22)23)19-13-14-4-2-3-5-17(14)20-8-10-26-11-9-20/h2-7,12,19H,8-11,13H2,1H3. The van der Waals surface area contributed by atoms with Crippen molar-refractivity contribution in [3.05, 3.63) is 58.1 Å². The van der Waals surface area contributed by atoms with Gasteiger partial charge in [0.1, 0.15) is 5.69 Å². The number of nitrogens with one attached hydrogen (secondary N) is 1. The minimum absolute atomic E-state index is 0.0755. The minimum atomic E-state index is -3.51. The second-order valence-electron chi connectivity index (χ2n) is 6.29. The second-order valence-corrected chi connectivity index (χ2v) is 8.31. The summed E-state index contributed by atoms with van der Waals surface area (Å²) in [5, 5.41) is 14.4. The van der Waals surface area contributed by atoms with Crippen molar-refractivity contribution >= 4 is 26.9 Å². The fourth-order valence-corrected chi connectivity index (χ4v) is 3.65. The summed E-state index contributed by atoms with van der Waals surface area (Å²) in [4.78, 5) is 12.9. The van der Waals surface area contributed by atoms with Crippen molar-refractivity contribution in [1.82, 2.24) is 0 Å². The molecule has 0 saturated carbocycles. The Balaban J connectivity index is 1.84. The molecule has 2 aromatic carbocycles. The lowest BCUT2D eigenvalue weighted by atomic mass is 10.1. The number of benzene rings is 2. The summed E-state index contributed by atoms with van der Waals surface area (Å²) in [6.07, 6.45) is 1.03. The molecule has 0 atom stereocenters. The van der Waals surface area contributed by atoms with Crippen LogP contribution in [0.5, 0.6) is 0 Å². The van der Waals surface area contributed by atoms with Crippen LogP contribution in [0.25, 0.3) is 0 Å². The third kappa shape index (κ3) is 4.55. The Morgan fingerprint density at radius 3 is 2.56 bits per heavy atom. The van der Waals surface area contributed by atoms with Gasteiger partial charge in [0.05, 0.1) is 23.0 Å². The normalized spacial score (nSPS) is 14.8. The third-order valence-corrected chi connectivity index (χ3v) is 5.52. The van der Waals surface area contributed by atoms with Gasteiger partial charge in [-0.2, -0.15) is 0 Å². The van der Waals surface area contributed by atoms with Gasteiger partial charge in [-0.3, -0.25) is 10.1 Å². The molecule has 1 heterocycles. The molecule has 0 bridgehead atoms. The molecular formula is C18H21N3O5S. The van der Waals surface area contributed by atoms with Crippen LogP contribution in [0.1, 0.15) is 5.56 Å². The number of anilines is 2. The molecule has 1 aliphatic heterocycles. The lowest BCUT2D eigenvalue weighted by molar-refractivity contribution is -0.384. The molecule has 0 amide bonds. The van der Waals surface area contributed by atoms with Crippen LogP contribution < -0.4 is 10.2 Å². The van der Waals surface area contributed by atoms with Gasteiger partial charge in [-0.15, -0.1) is 0 Å². The van der Waals surface area contributed by atoms with E-state index in [4.69, 9.17) is 4.74 Å². The highest BCUT2D eigenvalue weighted by atomic mass is 32.2. The van der Waals surface area contributed by atoms with Gasteiger partial charge in [0.25, 0.3) is 5.69 Å². The minimum Gasteiger partial charge on any atom is -0.378 e. The fraction of sp³-hybridized carbons (Fsp3) is 0.333. The number of ether oxygens (including phenoxy) is 1. The average Bonchev–Trinajstić information content (AvgIpc) is 2.66.